The molecule has 2 rings (SSSR count). The van der Waals surface area contributed by atoms with Crippen LogP contribution in [0.1, 0.15) is 26.7 Å². The number of amides is 3. The van der Waals surface area contributed by atoms with Gasteiger partial charge in [0.05, 0.1) is 7.11 Å². The van der Waals surface area contributed by atoms with Gasteiger partial charge in [-0.15, -0.1) is 0 Å². The van der Waals surface area contributed by atoms with E-state index in [0.717, 1.165) is 24.3 Å². The SMILES string of the molecule is COc1ccc(OC2CCN(C(=O)[C@H](NC(N)=O)C(C)C)CC2)cc1. The molecule has 1 aromatic carbocycles. The molecular formula is C18H27N3O4. The minimum atomic E-state index is -0.676. The lowest BCUT2D eigenvalue weighted by molar-refractivity contribution is -0.136. The smallest absolute Gasteiger partial charge is 0.312 e. The predicted octanol–water partition coefficient (Wildman–Crippen LogP) is 1.76. The van der Waals surface area contributed by atoms with Gasteiger partial charge in [0, 0.05) is 25.9 Å². The molecule has 1 aromatic rings. The summed E-state index contributed by atoms with van der Waals surface area (Å²) in [5, 5.41) is 2.54. The Bertz CT molecular complexity index is 580. The van der Waals surface area contributed by atoms with Crippen LogP contribution in [0.2, 0.25) is 0 Å². The van der Waals surface area contributed by atoms with Crippen molar-refractivity contribution in [1.82, 2.24) is 10.2 Å². The quantitative estimate of drug-likeness (QED) is 0.818. The van der Waals surface area contributed by atoms with Gasteiger partial charge in [-0.2, -0.15) is 0 Å². The molecule has 3 N–H and O–H groups in total. The molecule has 0 radical (unpaired) electrons. The van der Waals surface area contributed by atoms with Crippen molar-refractivity contribution in [3.63, 3.8) is 0 Å². The highest BCUT2D eigenvalue weighted by Crippen LogP contribution is 2.22. The minimum Gasteiger partial charge on any atom is -0.497 e. The van der Waals surface area contributed by atoms with Gasteiger partial charge in [0.1, 0.15) is 23.6 Å². The maximum absolute atomic E-state index is 12.6. The van der Waals surface area contributed by atoms with E-state index in [9.17, 15) is 9.59 Å². The van der Waals surface area contributed by atoms with Crippen LogP contribution in [-0.2, 0) is 4.79 Å². The van der Waals surface area contributed by atoms with Crippen molar-refractivity contribution in [2.75, 3.05) is 20.2 Å². The number of methoxy groups -OCH3 is 1. The van der Waals surface area contributed by atoms with Gasteiger partial charge < -0.3 is 25.4 Å². The standard InChI is InChI=1S/C18H27N3O4/c1-12(2)16(20-18(19)23)17(22)21-10-8-15(9-11-21)25-14-6-4-13(24-3)5-7-14/h4-7,12,15-16H,8-11H2,1-3H3,(H3,19,20,23)/t16-/m1/s1. The molecule has 7 heteroatoms. The lowest BCUT2D eigenvalue weighted by atomic mass is 10.0. The molecule has 3 amide bonds. The topological polar surface area (TPSA) is 93.9 Å². The summed E-state index contributed by atoms with van der Waals surface area (Å²) in [4.78, 5) is 25.5. The third-order valence-corrected chi connectivity index (χ3v) is 4.35. The number of carbonyl (C=O) groups excluding carboxylic acids is 2. The molecule has 1 saturated heterocycles. The average molecular weight is 349 g/mol. The zero-order valence-corrected chi connectivity index (χ0v) is 15.0. The summed E-state index contributed by atoms with van der Waals surface area (Å²) in [5.74, 6) is 1.47. The molecule has 7 nitrogen and oxygen atoms in total. The number of rotatable bonds is 6. The van der Waals surface area contributed by atoms with Crippen molar-refractivity contribution in [1.29, 1.82) is 0 Å². The Morgan fingerprint density at radius 1 is 1.16 bits per heavy atom. The second kappa shape index (κ2) is 8.60. The summed E-state index contributed by atoms with van der Waals surface area (Å²) in [5.41, 5.74) is 5.18. The number of hydrogen-bond acceptors (Lipinski definition) is 4. The van der Waals surface area contributed by atoms with Crippen molar-refractivity contribution in [3.8, 4) is 11.5 Å². The van der Waals surface area contributed by atoms with E-state index < -0.39 is 12.1 Å². The Balaban J connectivity index is 1.87. The van der Waals surface area contributed by atoms with Gasteiger partial charge in [-0.1, -0.05) is 13.8 Å². The molecule has 0 aliphatic carbocycles. The van der Waals surface area contributed by atoms with E-state index in [2.05, 4.69) is 5.32 Å². The Hall–Kier alpha value is -2.44. The first-order valence-electron chi connectivity index (χ1n) is 8.56. The number of carbonyl (C=O) groups is 2. The molecule has 1 aliphatic heterocycles. The van der Waals surface area contributed by atoms with Gasteiger partial charge in [0.2, 0.25) is 5.91 Å². The van der Waals surface area contributed by atoms with Gasteiger partial charge in [-0.25, -0.2) is 4.79 Å². The minimum absolute atomic E-state index is 0.0201. The number of likely N-dealkylation sites (tertiary alicyclic amines) is 1. The Kier molecular flexibility index (Phi) is 6.50. The first kappa shape index (κ1) is 18.9. The average Bonchev–Trinajstić information content (AvgIpc) is 2.60. The van der Waals surface area contributed by atoms with Gasteiger partial charge in [0.15, 0.2) is 0 Å². The van der Waals surface area contributed by atoms with E-state index >= 15 is 0 Å². The van der Waals surface area contributed by atoms with Crippen LogP contribution in [-0.4, -0.2) is 49.2 Å². The number of piperidine rings is 1. The number of primary amides is 1. The largest absolute Gasteiger partial charge is 0.497 e. The first-order chi connectivity index (χ1) is 11.9. The molecule has 1 aliphatic rings. The Labute approximate surface area is 148 Å². The number of ether oxygens (including phenoxy) is 2. The summed E-state index contributed by atoms with van der Waals surface area (Å²) in [7, 11) is 1.63. The monoisotopic (exact) mass is 349 g/mol. The normalized spacial score (nSPS) is 16.4. The maximum Gasteiger partial charge on any atom is 0.312 e. The number of urea groups is 1. The van der Waals surface area contributed by atoms with E-state index in [4.69, 9.17) is 15.2 Å². The van der Waals surface area contributed by atoms with E-state index in [1.807, 2.05) is 38.1 Å². The van der Waals surface area contributed by atoms with Crippen LogP contribution in [0.25, 0.3) is 0 Å². The molecule has 0 saturated carbocycles. The summed E-state index contributed by atoms with van der Waals surface area (Å²) in [6, 6.07) is 6.21. The van der Waals surface area contributed by atoms with Crippen LogP contribution in [0.15, 0.2) is 24.3 Å². The molecule has 1 fully saturated rings. The van der Waals surface area contributed by atoms with Crippen molar-refractivity contribution < 1.29 is 19.1 Å². The molecule has 0 aromatic heterocycles. The summed E-state index contributed by atoms with van der Waals surface area (Å²) < 4.78 is 11.1. The van der Waals surface area contributed by atoms with E-state index in [1.165, 1.54) is 0 Å². The van der Waals surface area contributed by atoms with E-state index in [0.29, 0.717) is 13.1 Å². The molecular weight excluding hydrogens is 322 g/mol. The van der Waals surface area contributed by atoms with E-state index in [-0.39, 0.29) is 17.9 Å². The highest BCUT2D eigenvalue weighted by molar-refractivity contribution is 5.86. The van der Waals surface area contributed by atoms with Crippen LogP contribution in [0.5, 0.6) is 11.5 Å². The fraction of sp³-hybridized carbons (Fsp3) is 0.556. The molecule has 0 unspecified atom stereocenters. The molecule has 138 valence electrons. The fourth-order valence-corrected chi connectivity index (χ4v) is 2.90. The highest BCUT2D eigenvalue weighted by Gasteiger charge is 2.31. The lowest BCUT2D eigenvalue weighted by Crippen LogP contribution is -2.54. The zero-order chi connectivity index (χ0) is 18.4. The Morgan fingerprint density at radius 3 is 2.20 bits per heavy atom. The lowest BCUT2D eigenvalue weighted by Gasteiger charge is -2.35. The maximum atomic E-state index is 12.6. The van der Waals surface area contributed by atoms with Crippen molar-refractivity contribution in [2.24, 2.45) is 11.7 Å². The highest BCUT2D eigenvalue weighted by atomic mass is 16.5. The fourth-order valence-electron chi connectivity index (χ4n) is 2.90. The second-order valence-electron chi connectivity index (χ2n) is 6.55. The summed E-state index contributed by atoms with van der Waals surface area (Å²) in [6.45, 7) is 4.97. The molecule has 1 heterocycles. The molecule has 0 spiro atoms. The number of nitrogens with zero attached hydrogens (tertiary/aromatic N) is 1. The molecule has 1 atom stereocenters. The molecule has 25 heavy (non-hydrogen) atoms. The van der Waals surface area contributed by atoms with Crippen LogP contribution >= 0.6 is 0 Å². The molecule has 0 bridgehead atoms. The summed E-state index contributed by atoms with van der Waals surface area (Å²) in [6.07, 6.45) is 1.57. The van der Waals surface area contributed by atoms with E-state index in [1.54, 1.807) is 12.0 Å². The predicted molar refractivity (Wildman–Crippen MR) is 94.6 cm³/mol. The third kappa shape index (κ3) is 5.27. The Morgan fingerprint density at radius 2 is 1.72 bits per heavy atom. The van der Waals surface area contributed by atoms with Crippen molar-refractivity contribution >= 4 is 11.9 Å². The number of hydrogen-bond donors (Lipinski definition) is 2. The van der Waals surface area contributed by atoms with Crippen LogP contribution in [0.4, 0.5) is 4.79 Å². The van der Waals surface area contributed by atoms with Crippen LogP contribution in [0, 0.1) is 5.92 Å². The van der Waals surface area contributed by atoms with Crippen LogP contribution in [0.3, 0.4) is 0 Å². The van der Waals surface area contributed by atoms with Crippen molar-refractivity contribution in [2.45, 2.75) is 38.8 Å². The van der Waals surface area contributed by atoms with Gasteiger partial charge in [-0.3, -0.25) is 4.79 Å². The van der Waals surface area contributed by atoms with Gasteiger partial charge in [-0.05, 0) is 30.2 Å². The van der Waals surface area contributed by atoms with Crippen molar-refractivity contribution in [3.05, 3.63) is 24.3 Å². The zero-order valence-electron chi connectivity index (χ0n) is 15.0. The van der Waals surface area contributed by atoms with Gasteiger partial charge in [0.25, 0.3) is 0 Å². The first-order valence-corrected chi connectivity index (χ1v) is 8.56. The van der Waals surface area contributed by atoms with Crippen LogP contribution < -0.4 is 20.5 Å². The second-order valence-corrected chi connectivity index (χ2v) is 6.55. The third-order valence-electron chi connectivity index (χ3n) is 4.35. The number of nitrogens with two attached hydrogens (primary N) is 1. The summed E-state index contributed by atoms with van der Waals surface area (Å²) >= 11 is 0. The number of benzene rings is 1. The number of nitrogens with one attached hydrogen (secondary N) is 1. The van der Waals surface area contributed by atoms with Gasteiger partial charge >= 0.3 is 6.03 Å².